The number of benzene rings is 2. The van der Waals surface area contributed by atoms with Gasteiger partial charge in [-0.15, -0.1) is 0 Å². The van der Waals surface area contributed by atoms with Crippen LogP contribution in [0.4, 0.5) is 5.69 Å². The predicted molar refractivity (Wildman–Crippen MR) is 98.1 cm³/mol. The molecule has 0 heterocycles. The standard InChI is InChI=1S/C18H17Cl2NO4/c1-10(2)9-25-12-4-5-14(19)13(8-12)17(22)21-16-6-3-11(18(23)24)7-15(16)20/h3-8,10H,9H2,1-2H3,(H,21,22)(H,23,24). The number of halogens is 2. The number of amides is 1. The summed E-state index contributed by atoms with van der Waals surface area (Å²) in [7, 11) is 0. The molecule has 1 amide bonds. The summed E-state index contributed by atoms with van der Waals surface area (Å²) in [6, 6.07) is 8.88. The van der Waals surface area contributed by atoms with Gasteiger partial charge in [0.25, 0.3) is 5.91 Å². The molecule has 0 bridgehead atoms. The minimum absolute atomic E-state index is 0.0325. The molecule has 0 fully saturated rings. The van der Waals surface area contributed by atoms with Gasteiger partial charge in [0.2, 0.25) is 0 Å². The lowest BCUT2D eigenvalue weighted by Crippen LogP contribution is -2.14. The van der Waals surface area contributed by atoms with Crippen LogP contribution in [0.25, 0.3) is 0 Å². The molecule has 0 spiro atoms. The van der Waals surface area contributed by atoms with Gasteiger partial charge in [-0.05, 0) is 42.3 Å². The lowest BCUT2D eigenvalue weighted by atomic mass is 10.1. The Morgan fingerprint density at radius 1 is 1.12 bits per heavy atom. The zero-order chi connectivity index (χ0) is 18.6. The fourth-order valence-corrected chi connectivity index (χ4v) is 2.40. The van der Waals surface area contributed by atoms with Gasteiger partial charge in [-0.1, -0.05) is 37.0 Å². The van der Waals surface area contributed by atoms with Crippen molar-refractivity contribution in [2.45, 2.75) is 13.8 Å². The fourth-order valence-electron chi connectivity index (χ4n) is 1.97. The summed E-state index contributed by atoms with van der Waals surface area (Å²) in [5.74, 6) is -0.683. The van der Waals surface area contributed by atoms with E-state index < -0.39 is 11.9 Å². The quantitative estimate of drug-likeness (QED) is 0.739. The highest BCUT2D eigenvalue weighted by Gasteiger charge is 2.15. The Hall–Kier alpha value is -2.24. The Balaban J connectivity index is 2.20. The first-order chi connectivity index (χ1) is 11.8. The number of rotatable bonds is 6. The highest BCUT2D eigenvalue weighted by molar-refractivity contribution is 6.36. The van der Waals surface area contributed by atoms with Gasteiger partial charge in [0, 0.05) is 0 Å². The van der Waals surface area contributed by atoms with E-state index in [-0.39, 0.29) is 21.2 Å². The second kappa shape index (κ2) is 8.23. The van der Waals surface area contributed by atoms with E-state index in [1.807, 2.05) is 13.8 Å². The first-order valence-electron chi connectivity index (χ1n) is 7.54. The van der Waals surface area contributed by atoms with Crippen LogP contribution in [0, 0.1) is 5.92 Å². The fraction of sp³-hybridized carbons (Fsp3) is 0.222. The molecule has 25 heavy (non-hydrogen) atoms. The molecule has 0 radical (unpaired) electrons. The maximum atomic E-state index is 12.5. The molecule has 0 aliphatic carbocycles. The lowest BCUT2D eigenvalue weighted by molar-refractivity contribution is 0.0696. The van der Waals surface area contributed by atoms with E-state index in [2.05, 4.69) is 5.32 Å². The van der Waals surface area contributed by atoms with Crippen molar-refractivity contribution in [1.29, 1.82) is 0 Å². The normalized spacial score (nSPS) is 10.6. The SMILES string of the molecule is CC(C)COc1ccc(Cl)c(C(=O)Nc2ccc(C(=O)O)cc2Cl)c1. The van der Waals surface area contributed by atoms with Crippen molar-refractivity contribution < 1.29 is 19.4 Å². The van der Waals surface area contributed by atoms with Gasteiger partial charge in [-0.2, -0.15) is 0 Å². The van der Waals surface area contributed by atoms with Gasteiger partial charge in [0.15, 0.2) is 0 Å². The van der Waals surface area contributed by atoms with Crippen molar-refractivity contribution >= 4 is 40.8 Å². The zero-order valence-electron chi connectivity index (χ0n) is 13.7. The number of hydrogen-bond acceptors (Lipinski definition) is 3. The average molecular weight is 382 g/mol. The van der Waals surface area contributed by atoms with E-state index in [0.29, 0.717) is 24.0 Å². The van der Waals surface area contributed by atoms with E-state index >= 15 is 0 Å². The molecule has 7 heteroatoms. The number of nitrogens with one attached hydrogen (secondary N) is 1. The predicted octanol–water partition coefficient (Wildman–Crippen LogP) is 4.98. The van der Waals surface area contributed by atoms with Crippen LogP contribution in [0.15, 0.2) is 36.4 Å². The number of ether oxygens (including phenoxy) is 1. The van der Waals surface area contributed by atoms with Gasteiger partial charge < -0.3 is 15.2 Å². The summed E-state index contributed by atoms with van der Waals surface area (Å²) < 4.78 is 5.60. The van der Waals surface area contributed by atoms with Crippen LogP contribution in [0.5, 0.6) is 5.75 Å². The number of anilines is 1. The second-order valence-corrected chi connectivity index (χ2v) is 6.61. The van der Waals surface area contributed by atoms with Crippen LogP contribution < -0.4 is 10.1 Å². The minimum Gasteiger partial charge on any atom is -0.493 e. The molecule has 2 aromatic carbocycles. The highest BCUT2D eigenvalue weighted by Crippen LogP contribution is 2.27. The van der Waals surface area contributed by atoms with Crippen LogP contribution in [0.3, 0.4) is 0 Å². The van der Waals surface area contributed by atoms with E-state index in [1.54, 1.807) is 18.2 Å². The van der Waals surface area contributed by atoms with Crippen molar-refractivity contribution in [1.82, 2.24) is 0 Å². The molecule has 5 nitrogen and oxygen atoms in total. The molecule has 0 atom stereocenters. The Morgan fingerprint density at radius 3 is 2.44 bits per heavy atom. The molecule has 0 unspecified atom stereocenters. The molecular weight excluding hydrogens is 365 g/mol. The van der Waals surface area contributed by atoms with E-state index in [0.717, 1.165) is 0 Å². The van der Waals surface area contributed by atoms with Crippen molar-refractivity contribution in [2.24, 2.45) is 5.92 Å². The second-order valence-electron chi connectivity index (χ2n) is 5.80. The summed E-state index contributed by atoms with van der Waals surface area (Å²) >= 11 is 12.1. The van der Waals surface area contributed by atoms with Crippen LogP contribution in [0.2, 0.25) is 10.0 Å². The minimum atomic E-state index is -1.10. The van der Waals surface area contributed by atoms with E-state index in [9.17, 15) is 9.59 Å². The van der Waals surface area contributed by atoms with Crippen LogP contribution in [0.1, 0.15) is 34.6 Å². The maximum Gasteiger partial charge on any atom is 0.335 e. The third-order valence-electron chi connectivity index (χ3n) is 3.23. The highest BCUT2D eigenvalue weighted by atomic mass is 35.5. The van der Waals surface area contributed by atoms with Gasteiger partial charge in [0.1, 0.15) is 5.75 Å². The van der Waals surface area contributed by atoms with Crippen molar-refractivity contribution in [3.63, 3.8) is 0 Å². The van der Waals surface area contributed by atoms with Crippen LogP contribution in [-0.2, 0) is 0 Å². The zero-order valence-corrected chi connectivity index (χ0v) is 15.2. The first-order valence-corrected chi connectivity index (χ1v) is 8.30. The Bertz CT molecular complexity index is 806. The summed E-state index contributed by atoms with van der Waals surface area (Å²) in [5, 5.41) is 12.0. The molecule has 0 aliphatic heterocycles. The Morgan fingerprint density at radius 2 is 1.84 bits per heavy atom. The molecule has 2 N–H and O–H groups in total. The summed E-state index contributed by atoms with van der Waals surface area (Å²) in [4.78, 5) is 23.4. The van der Waals surface area contributed by atoms with Crippen molar-refractivity contribution in [3.05, 3.63) is 57.6 Å². The molecule has 2 rings (SSSR count). The summed E-state index contributed by atoms with van der Waals surface area (Å²) in [5.41, 5.74) is 0.563. The molecular formula is C18H17Cl2NO4. The molecule has 0 aromatic heterocycles. The maximum absolute atomic E-state index is 12.5. The molecule has 0 aliphatic rings. The third-order valence-corrected chi connectivity index (χ3v) is 3.87. The number of carboxylic acid groups (broad SMARTS) is 1. The van der Waals surface area contributed by atoms with Gasteiger partial charge in [-0.3, -0.25) is 4.79 Å². The van der Waals surface area contributed by atoms with E-state index in [1.165, 1.54) is 18.2 Å². The smallest absolute Gasteiger partial charge is 0.335 e. The molecule has 2 aromatic rings. The number of aromatic carboxylic acids is 1. The van der Waals surface area contributed by atoms with Gasteiger partial charge in [0.05, 0.1) is 33.5 Å². The largest absolute Gasteiger partial charge is 0.493 e. The topological polar surface area (TPSA) is 75.6 Å². The number of carboxylic acids is 1. The lowest BCUT2D eigenvalue weighted by Gasteiger charge is -2.12. The Labute approximate surface area is 155 Å². The number of hydrogen-bond donors (Lipinski definition) is 2. The third kappa shape index (κ3) is 5.11. The monoisotopic (exact) mass is 381 g/mol. The van der Waals surface area contributed by atoms with Gasteiger partial charge in [-0.25, -0.2) is 4.79 Å². The van der Waals surface area contributed by atoms with Crippen LogP contribution in [-0.4, -0.2) is 23.6 Å². The number of carbonyl (C=O) groups excluding carboxylic acids is 1. The average Bonchev–Trinajstić information content (AvgIpc) is 2.55. The number of carbonyl (C=O) groups is 2. The molecule has 132 valence electrons. The first kappa shape index (κ1) is 19.1. The van der Waals surface area contributed by atoms with E-state index in [4.69, 9.17) is 33.0 Å². The molecule has 0 saturated heterocycles. The van der Waals surface area contributed by atoms with Gasteiger partial charge >= 0.3 is 5.97 Å². The summed E-state index contributed by atoms with van der Waals surface area (Å²) in [6.07, 6.45) is 0. The van der Waals surface area contributed by atoms with Crippen molar-refractivity contribution in [3.8, 4) is 5.75 Å². The van der Waals surface area contributed by atoms with Crippen molar-refractivity contribution in [2.75, 3.05) is 11.9 Å². The summed E-state index contributed by atoms with van der Waals surface area (Å²) in [6.45, 7) is 4.56. The Kier molecular flexibility index (Phi) is 6.28. The van der Waals surface area contributed by atoms with Crippen LogP contribution >= 0.6 is 23.2 Å². The molecule has 0 saturated carbocycles.